The number of nitrogens with one attached hydrogen (secondary N) is 1. The molecule has 0 radical (unpaired) electrons. The molecule has 3 fully saturated rings. The predicted molar refractivity (Wildman–Crippen MR) is 107 cm³/mol. The monoisotopic (exact) mass is 441 g/mol. The van der Waals surface area contributed by atoms with E-state index in [2.05, 4.69) is 21.2 Å². The summed E-state index contributed by atoms with van der Waals surface area (Å²) >= 11 is 3.64. The van der Waals surface area contributed by atoms with E-state index in [1.807, 2.05) is 54.6 Å². The molecule has 1 saturated heterocycles. The van der Waals surface area contributed by atoms with Crippen LogP contribution in [0.1, 0.15) is 12.0 Å². The maximum atomic E-state index is 12.9. The van der Waals surface area contributed by atoms with Gasteiger partial charge in [0.25, 0.3) is 0 Å². The SMILES string of the molecule is O=C(Nc1ccc(OCc2ccccc2)cc1)[C@H]1[C@H]2C[C@H]3[C@H](OC(=O)[C@@H]31)[C@@H]2Br. The lowest BCUT2D eigenvalue weighted by Gasteiger charge is -2.27. The normalized spacial score (nSPS) is 32.2. The molecule has 144 valence electrons. The summed E-state index contributed by atoms with van der Waals surface area (Å²) in [7, 11) is 0. The van der Waals surface area contributed by atoms with E-state index < -0.39 is 0 Å². The highest BCUT2D eigenvalue weighted by Gasteiger charge is 2.67. The van der Waals surface area contributed by atoms with Crippen LogP contribution in [0.25, 0.3) is 0 Å². The zero-order chi connectivity index (χ0) is 19.3. The zero-order valence-corrected chi connectivity index (χ0v) is 16.7. The number of hydrogen-bond donors (Lipinski definition) is 1. The molecule has 0 unspecified atom stereocenters. The van der Waals surface area contributed by atoms with Gasteiger partial charge in [0.2, 0.25) is 5.91 Å². The number of benzene rings is 2. The number of halogens is 1. The van der Waals surface area contributed by atoms with Crippen LogP contribution in [0.5, 0.6) is 5.75 Å². The minimum atomic E-state index is -0.324. The fourth-order valence-corrected chi connectivity index (χ4v) is 5.98. The number of amides is 1. The predicted octanol–water partition coefficient (Wildman–Crippen LogP) is 3.78. The van der Waals surface area contributed by atoms with Gasteiger partial charge < -0.3 is 14.8 Å². The van der Waals surface area contributed by atoms with Crippen LogP contribution in [0.3, 0.4) is 0 Å². The van der Waals surface area contributed by atoms with Crippen LogP contribution in [-0.2, 0) is 20.9 Å². The van der Waals surface area contributed by atoms with E-state index in [0.717, 1.165) is 17.7 Å². The largest absolute Gasteiger partial charge is 0.489 e. The minimum Gasteiger partial charge on any atom is -0.489 e. The Balaban J connectivity index is 1.23. The van der Waals surface area contributed by atoms with Crippen LogP contribution in [-0.4, -0.2) is 22.8 Å². The van der Waals surface area contributed by atoms with Crippen molar-refractivity contribution in [3.63, 3.8) is 0 Å². The van der Waals surface area contributed by atoms with Crippen LogP contribution in [0.15, 0.2) is 54.6 Å². The molecule has 1 N–H and O–H groups in total. The molecule has 0 spiro atoms. The zero-order valence-electron chi connectivity index (χ0n) is 15.1. The third kappa shape index (κ3) is 2.91. The standard InChI is InChI=1S/C22H20BrNO4/c23-19-15-10-16-18(22(26)28-20(16)19)17(15)21(25)24-13-6-8-14(9-7-13)27-11-12-4-2-1-3-5-12/h1-9,15-20H,10-11H2,(H,24,25)/t15-,16-,17+,18+,19-,20+/m1/s1. The van der Waals surface area contributed by atoms with Crippen molar-refractivity contribution in [1.29, 1.82) is 0 Å². The first-order chi connectivity index (χ1) is 13.6. The summed E-state index contributed by atoms with van der Waals surface area (Å²) in [5.74, 6) is 0.129. The molecule has 1 aliphatic heterocycles. The maximum Gasteiger partial charge on any atom is 0.310 e. The molecule has 1 amide bonds. The average molecular weight is 442 g/mol. The number of esters is 1. The molecular formula is C22H20BrNO4. The van der Waals surface area contributed by atoms with Gasteiger partial charge in [0.15, 0.2) is 0 Å². The molecule has 5 nitrogen and oxygen atoms in total. The van der Waals surface area contributed by atoms with Gasteiger partial charge in [0.05, 0.1) is 16.7 Å². The summed E-state index contributed by atoms with van der Waals surface area (Å²) in [6.45, 7) is 0.495. The molecule has 2 aromatic carbocycles. The van der Waals surface area contributed by atoms with E-state index in [4.69, 9.17) is 9.47 Å². The molecule has 3 aliphatic rings. The number of hydrogen-bond acceptors (Lipinski definition) is 4. The van der Waals surface area contributed by atoms with Crippen LogP contribution in [0.2, 0.25) is 0 Å². The summed E-state index contributed by atoms with van der Waals surface area (Å²) in [5, 5.41) is 2.97. The van der Waals surface area contributed by atoms with Gasteiger partial charge in [-0.1, -0.05) is 46.3 Å². The molecule has 2 bridgehead atoms. The van der Waals surface area contributed by atoms with E-state index in [9.17, 15) is 9.59 Å². The lowest BCUT2D eigenvalue weighted by Crippen LogP contribution is -2.40. The van der Waals surface area contributed by atoms with Crippen molar-refractivity contribution in [2.75, 3.05) is 5.32 Å². The molecule has 2 aliphatic carbocycles. The van der Waals surface area contributed by atoms with Crippen molar-refractivity contribution in [3.8, 4) is 5.75 Å². The maximum absolute atomic E-state index is 12.9. The highest BCUT2D eigenvalue weighted by atomic mass is 79.9. The lowest BCUT2D eigenvalue weighted by atomic mass is 9.79. The molecular weight excluding hydrogens is 422 g/mol. The Morgan fingerprint density at radius 1 is 1.11 bits per heavy atom. The van der Waals surface area contributed by atoms with Crippen LogP contribution < -0.4 is 10.1 Å². The van der Waals surface area contributed by atoms with Gasteiger partial charge in [-0.05, 0) is 42.2 Å². The smallest absolute Gasteiger partial charge is 0.310 e. The third-order valence-electron chi connectivity index (χ3n) is 6.20. The number of carbonyl (C=O) groups excluding carboxylic acids is 2. The first-order valence-electron chi connectivity index (χ1n) is 9.54. The number of ether oxygens (including phenoxy) is 2. The Hall–Kier alpha value is -2.34. The molecule has 1 heterocycles. The van der Waals surface area contributed by atoms with Gasteiger partial charge in [0.1, 0.15) is 18.5 Å². The van der Waals surface area contributed by atoms with Gasteiger partial charge in [-0.3, -0.25) is 9.59 Å². The Morgan fingerprint density at radius 2 is 1.86 bits per heavy atom. The van der Waals surface area contributed by atoms with Crippen LogP contribution in [0.4, 0.5) is 5.69 Å². The molecule has 6 heteroatoms. The second-order valence-electron chi connectivity index (χ2n) is 7.75. The lowest BCUT2D eigenvalue weighted by molar-refractivity contribution is -0.145. The quantitative estimate of drug-likeness (QED) is 0.566. The summed E-state index contributed by atoms with van der Waals surface area (Å²) in [4.78, 5) is 25.2. The van der Waals surface area contributed by atoms with E-state index in [-0.39, 0.29) is 46.5 Å². The Bertz CT molecular complexity index is 901. The third-order valence-corrected chi connectivity index (χ3v) is 7.40. The fraction of sp³-hybridized carbons (Fsp3) is 0.364. The van der Waals surface area contributed by atoms with Crippen molar-refractivity contribution in [2.45, 2.75) is 24.0 Å². The number of carbonyl (C=O) groups is 2. The number of alkyl halides is 1. The molecule has 28 heavy (non-hydrogen) atoms. The second-order valence-corrected chi connectivity index (χ2v) is 8.81. The Morgan fingerprint density at radius 3 is 2.61 bits per heavy atom. The summed E-state index contributed by atoms with van der Waals surface area (Å²) < 4.78 is 11.3. The van der Waals surface area contributed by atoms with Crippen molar-refractivity contribution >= 4 is 33.5 Å². The van der Waals surface area contributed by atoms with Crippen molar-refractivity contribution in [2.24, 2.45) is 23.7 Å². The van der Waals surface area contributed by atoms with Crippen LogP contribution in [0, 0.1) is 23.7 Å². The van der Waals surface area contributed by atoms with E-state index in [1.54, 1.807) is 0 Å². The van der Waals surface area contributed by atoms with Gasteiger partial charge in [-0.2, -0.15) is 0 Å². The highest BCUT2D eigenvalue weighted by molar-refractivity contribution is 9.09. The molecule has 0 aromatic heterocycles. The molecule has 6 atom stereocenters. The fourth-order valence-electron chi connectivity index (χ4n) is 4.93. The van der Waals surface area contributed by atoms with Gasteiger partial charge in [0, 0.05) is 11.6 Å². The van der Waals surface area contributed by atoms with Gasteiger partial charge in [-0.15, -0.1) is 0 Å². The number of anilines is 1. The number of fused-ring (bicyclic) bond motifs is 1. The van der Waals surface area contributed by atoms with E-state index in [1.165, 1.54) is 0 Å². The van der Waals surface area contributed by atoms with Crippen molar-refractivity contribution in [1.82, 2.24) is 0 Å². The summed E-state index contributed by atoms with van der Waals surface area (Å²) in [6, 6.07) is 17.3. The number of rotatable bonds is 5. The van der Waals surface area contributed by atoms with Gasteiger partial charge in [-0.25, -0.2) is 0 Å². The Kier molecular flexibility index (Phi) is 4.38. The molecule has 2 saturated carbocycles. The molecule has 5 rings (SSSR count). The average Bonchev–Trinajstić information content (AvgIpc) is 3.32. The first-order valence-corrected chi connectivity index (χ1v) is 10.5. The van der Waals surface area contributed by atoms with E-state index in [0.29, 0.717) is 12.3 Å². The van der Waals surface area contributed by atoms with Crippen molar-refractivity contribution < 1.29 is 19.1 Å². The minimum absolute atomic E-state index is 0.0624. The van der Waals surface area contributed by atoms with Gasteiger partial charge >= 0.3 is 5.97 Å². The topological polar surface area (TPSA) is 64.6 Å². The summed E-state index contributed by atoms with van der Waals surface area (Å²) in [6.07, 6.45) is 0.814. The van der Waals surface area contributed by atoms with E-state index >= 15 is 0 Å². The second kappa shape index (κ2) is 6.92. The van der Waals surface area contributed by atoms with Crippen molar-refractivity contribution in [3.05, 3.63) is 60.2 Å². The van der Waals surface area contributed by atoms with Crippen LogP contribution >= 0.6 is 15.9 Å². The Labute approximate surface area is 171 Å². The highest BCUT2D eigenvalue weighted by Crippen LogP contribution is 2.60. The summed E-state index contributed by atoms with van der Waals surface area (Å²) in [5.41, 5.74) is 1.80. The molecule has 2 aromatic rings. The first kappa shape index (κ1) is 17.7.